The first-order valence-electron chi connectivity index (χ1n) is 7.22. The summed E-state index contributed by atoms with van der Waals surface area (Å²) in [7, 11) is 0. The normalized spacial score (nSPS) is 15.0. The number of imidazole rings is 1. The maximum absolute atomic E-state index is 5.93. The number of anilines is 2. The molecule has 0 unspecified atom stereocenters. The van der Waals surface area contributed by atoms with E-state index in [-0.39, 0.29) is 0 Å². The van der Waals surface area contributed by atoms with Crippen LogP contribution in [0.1, 0.15) is 11.1 Å². The number of nitrogen functional groups attached to an aromatic ring is 1. The van der Waals surface area contributed by atoms with E-state index in [9.17, 15) is 0 Å². The summed E-state index contributed by atoms with van der Waals surface area (Å²) in [6.45, 7) is 1.88. The SMILES string of the molecule is Nc1cn2ccnc2c(N2CCc3ccccc3CC2)n1. The number of hydrogen-bond donors (Lipinski definition) is 1. The standard InChI is InChI=1S/C16H17N5/c17-14-11-21-10-7-18-15(21)16(19-14)20-8-5-12-3-1-2-4-13(12)6-9-20/h1-4,7,10-11H,5-6,8-9,17H2. The van der Waals surface area contributed by atoms with Crippen LogP contribution in [0.4, 0.5) is 11.6 Å². The van der Waals surface area contributed by atoms with E-state index >= 15 is 0 Å². The fourth-order valence-corrected chi connectivity index (χ4v) is 3.03. The van der Waals surface area contributed by atoms with Gasteiger partial charge >= 0.3 is 0 Å². The second-order valence-corrected chi connectivity index (χ2v) is 5.40. The van der Waals surface area contributed by atoms with Crippen LogP contribution in [-0.4, -0.2) is 27.5 Å². The van der Waals surface area contributed by atoms with Gasteiger partial charge in [-0.3, -0.25) is 0 Å². The molecular weight excluding hydrogens is 262 g/mol. The average Bonchev–Trinajstić information content (AvgIpc) is 2.85. The Morgan fingerprint density at radius 1 is 1.05 bits per heavy atom. The van der Waals surface area contributed by atoms with Crippen LogP contribution in [0.2, 0.25) is 0 Å². The predicted octanol–water partition coefficient (Wildman–Crippen LogP) is 1.92. The van der Waals surface area contributed by atoms with Crippen molar-refractivity contribution in [3.63, 3.8) is 0 Å². The third-order valence-corrected chi connectivity index (χ3v) is 4.10. The van der Waals surface area contributed by atoms with Crippen LogP contribution in [0, 0.1) is 0 Å². The lowest BCUT2D eigenvalue weighted by Gasteiger charge is -2.22. The zero-order chi connectivity index (χ0) is 14.2. The van der Waals surface area contributed by atoms with Gasteiger partial charge < -0.3 is 15.0 Å². The minimum atomic E-state index is 0.525. The fraction of sp³-hybridized carbons (Fsp3) is 0.250. The minimum Gasteiger partial charge on any atom is -0.382 e. The Bertz CT molecular complexity index is 765. The largest absolute Gasteiger partial charge is 0.382 e. The predicted molar refractivity (Wildman–Crippen MR) is 83.5 cm³/mol. The highest BCUT2D eigenvalue weighted by Gasteiger charge is 2.18. The second kappa shape index (κ2) is 4.77. The summed E-state index contributed by atoms with van der Waals surface area (Å²) in [5.41, 5.74) is 9.67. The summed E-state index contributed by atoms with van der Waals surface area (Å²) >= 11 is 0. The van der Waals surface area contributed by atoms with Crippen molar-refractivity contribution < 1.29 is 0 Å². The van der Waals surface area contributed by atoms with Crippen molar-refractivity contribution in [1.82, 2.24) is 14.4 Å². The van der Waals surface area contributed by atoms with Gasteiger partial charge in [0.15, 0.2) is 11.5 Å². The molecule has 5 nitrogen and oxygen atoms in total. The molecule has 21 heavy (non-hydrogen) atoms. The number of nitrogens with zero attached hydrogens (tertiary/aromatic N) is 4. The second-order valence-electron chi connectivity index (χ2n) is 5.40. The smallest absolute Gasteiger partial charge is 0.180 e. The van der Waals surface area contributed by atoms with E-state index in [1.165, 1.54) is 11.1 Å². The van der Waals surface area contributed by atoms with Crippen molar-refractivity contribution >= 4 is 17.3 Å². The highest BCUT2D eigenvalue weighted by Crippen LogP contribution is 2.23. The molecule has 2 N–H and O–H groups in total. The highest BCUT2D eigenvalue weighted by atomic mass is 15.2. The van der Waals surface area contributed by atoms with Gasteiger partial charge in [-0.1, -0.05) is 24.3 Å². The molecule has 3 heterocycles. The molecule has 1 aliphatic rings. The van der Waals surface area contributed by atoms with E-state index < -0.39 is 0 Å². The summed E-state index contributed by atoms with van der Waals surface area (Å²) in [5.74, 6) is 1.41. The molecule has 1 aromatic carbocycles. The molecule has 5 heteroatoms. The summed E-state index contributed by atoms with van der Waals surface area (Å²) in [6.07, 6.45) is 7.55. The number of rotatable bonds is 1. The molecule has 3 aromatic rings. The zero-order valence-electron chi connectivity index (χ0n) is 11.7. The molecule has 0 saturated heterocycles. The number of hydrogen-bond acceptors (Lipinski definition) is 4. The molecule has 0 saturated carbocycles. The van der Waals surface area contributed by atoms with Gasteiger partial charge in [-0.15, -0.1) is 0 Å². The molecule has 0 fully saturated rings. The summed E-state index contributed by atoms with van der Waals surface area (Å²) in [5, 5.41) is 0. The Morgan fingerprint density at radius 2 is 1.76 bits per heavy atom. The Morgan fingerprint density at radius 3 is 2.48 bits per heavy atom. The average molecular weight is 279 g/mol. The molecule has 4 rings (SSSR count). The van der Waals surface area contributed by atoms with Gasteiger partial charge in [-0.2, -0.15) is 0 Å². The van der Waals surface area contributed by atoms with E-state index in [0.29, 0.717) is 5.82 Å². The van der Waals surface area contributed by atoms with Gasteiger partial charge in [0.1, 0.15) is 5.82 Å². The molecule has 0 aliphatic carbocycles. The van der Waals surface area contributed by atoms with Gasteiger partial charge in [0.05, 0.1) is 6.20 Å². The van der Waals surface area contributed by atoms with Crippen molar-refractivity contribution in [2.75, 3.05) is 23.7 Å². The van der Waals surface area contributed by atoms with Crippen LogP contribution in [0.15, 0.2) is 42.9 Å². The molecule has 1 aliphatic heterocycles. The molecule has 106 valence electrons. The van der Waals surface area contributed by atoms with Crippen LogP contribution in [0.25, 0.3) is 5.65 Å². The van der Waals surface area contributed by atoms with Crippen molar-refractivity contribution in [3.05, 3.63) is 54.0 Å². The van der Waals surface area contributed by atoms with Crippen molar-refractivity contribution in [3.8, 4) is 0 Å². The molecule has 2 aromatic heterocycles. The summed E-state index contributed by atoms with van der Waals surface area (Å²) in [6, 6.07) is 8.66. The molecule has 0 spiro atoms. The first-order chi connectivity index (χ1) is 10.3. The quantitative estimate of drug-likeness (QED) is 0.739. The maximum Gasteiger partial charge on any atom is 0.180 e. The van der Waals surface area contributed by atoms with Crippen molar-refractivity contribution in [2.24, 2.45) is 0 Å². The van der Waals surface area contributed by atoms with Gasteiger partial charge in [0.25, 0.3) is 0 Å². The number of fused-ring (bicyclic) bond motifs is 2. The summed E-state index contributed by atoms with van der Waals surface area (Å²) in [4.78, 5) is 11.2. The minimum absolute atomic E-state index is 0.525. The van der Waals surface area contributed by atoms with Crippen LogP contribution in [-0.2, 0) is 12.8 Å². The number of benzene rings is 1. The Hall–Kier alpha value is -2.56. The zero-order valence-corrected chi connectivity index (χ0v) is 11.7. The van der Waals surface area contributed by atoms with Gasteiger partial charge in [0, 0.05) is 25.5 Å². The van der Waals surface area contributed by atoms with Crippen LogP contribution >= 0.6 is 0 Å². The lowest BCUT2D eigenvalue weighted by atomic mass is 10.0. The highest BCUT2D eigenvalue weighted by molar-refractivity contribution is 5.66. The van der Waals surface area contributed by atoms with E-state index in [4.69, 9.17) is 5.73 Å². The van der Waals surface area contributed by atoms with Gasteiger partial charge in [-0.05, 0) is 24.0 Å². The Balaban J connectivity index is 1.72. The fourth-order valence-electron chi connectivity index (χ4n) is 3.03. The lowest BCUT2D eigenvalue weighted by molar-refractivity contribution is 0.790. The van der Waals surface area contributed by atoms with E-state index in [1.807, 2.05) is 10.6 Å². The monoisotopic (exact) mass is 279 g/mol. The molecule has 0 bridgehead atoms. The van der Waals surface area contributed by atoms with Crippen LogP contribution in [0.5, 0.6) is 0 Å². The van der Waals surface area contributed by atoms with Crippen molar-refractivity contribution in [1.29, 1.82) is 0 Å². The van der Waals surface area contributed by atoms with Gasteiger partial charge in [-0.25, -0.2) is 9.97 Å². The lowest BCUT2D eigenvalue weighted by Crippen LogP contribution is -2.27. The maximum atomic E-state index is 5.93. The molecular formula is C16H17N5. The first-order valence-corrected chi connectivity index (χ1v) is 7.22. The van der Waals surface area contributed by atoms with Gasteiger partial charge in [0.2, 0.25) is 0 Å². The van der Waals surface area contributed by atoms with Crippen LogP contribution < -0.4 is 10.6 Å². The third kappa shape index (κ3) is 2.11. The molecule has 0 atom stereocenters. The van der Waals surface area contributed by atoms with E-state index in [0.717, 1.165) is 37.4 Å². The molecule has 0 amide bonds. The van der Waals surface area contributed by atoms with Crippen LogP contribution in [0.3, 0.4) is 0 Å². The van der Waals surface area contributed by atoms with E-state index in [2.05, 4.69) is 39.1 Å². The summed E-state index contributed by atoms with van der Waals surface area (Å²) < 4.78 is 1.94. The molecule has 0 radical (unpaired) electrons. The number of nitrogens with two attached hydrogens (primary N) is 1. The van der Waals surface area contributed by atoms with E-state index in [1.54, 1.807) is 12.4 Å². The topological polar surface area (TPSA) is 59.5 Å². The number of aromatic nitrogens is 3. The third-order valence-electron chi connectivity index (χ3n) is 4.10. The Labute approximate surface area is 123 Å². The Kier molecular flexibility index (Phi) is 2.77. The van der Waals surface area contributed by atoms with Crippen molar-refractivity contribution in [2.45, 2.75) is 12.8 Å². The first kappa shape index (κ1) is 12.2.